The molecule has 1 aromatic rings. The van der Waals surface area contributed by atoms with Crippen LogP contribution in [0.1, 0.15) is 32.5 Å². The minimum atomic E-state index is 0.349. The lowest BCUT2D eigenvalue weighted by molar-refractivity contribution is 0.159. The molecule has 0 amide bonds. The van der Waals surface area contributed by atoms with E-state index in [2.05, 4.69) is 35.6 Å². The van der Waals surface area contributed by atoms with E-state index in [0.717, 1.165) is 25.5 Å². The van der Waals surface area contributed by atoms with Gasteiger partial charge >= 0.3 is 0 Å². The van der Waals surface area contributed by atoms with Crippen LogP contribution in [0.2, 0.25) is 0 Å². The van der Waals surface area contributed by atoms with Crippen molar-refractivity contribution in [2.75, 3.05) is 20.3 Å². The smallest absolute Gasteiger partial charge is 0.111 e. The Morgan fingerprint density at radius 3 is 2.81 bits per heavy atom. The van der Waals surface area contributed by atoms with Crippen molar-refractivity contribution in [3.05, 3.63) is 18.2 Å². The predicted molar refractivity (Wildman–Crippen MR) is 65.7 cm³/mol. The van der Waals surface area contributed by atoms with Gasteiger partial charge in [-0.15, -0.1) is 0 Å². The number of hydrogen-bond donors (Lipinski definition) is 1. The van der Waals surface area contributed by atoms with Gasteiger partial charge in [-0.2, -0.15) is 0 Å². The molecule has 1 rings (SSSR count). The molecule has 0 bridgehead atoms. The Bertz CT molecular complexity index is 290. The van der Waals surface area contributed by atoms with E-state index in [1.54, 1.807) is 7.11 Å². The molecule has 16 heavy (non-hydrogen) atoms. The Morgan fingerprint density at radius 2 is 2.25 bits per heavy atom. The molecule has 1 atom stereocenters. The fourth-order valence-electron chi connectivity index (χ4n) is 1.88. The number of likely N-dealkylation sites (N-methyl/N-ethyl adjacent to an activating group) is 1. The van der Waals surface area contributed by atoms with Crippen molar-refractivity contribution in [2.24, 2.45) is 0 Å². The van der Waals surface area contributed by atoms with Gasteiger partial charge in [-0.1, -0.05) is 20.8 Å². The predicted octanol–water partition coefficient (Wildman–Crippen LogP) is 1.63. The van der Waals surface area contributed by atoms with Gasteiger partial charge in [0.2, 0.25) is 0 Å². The van der Waals surface area contributed by atoms with Gasteiger partial charge in [0, 0.05) is 38.0 Å². The molecule has 4 nitrogen and oxygen atoms in total. The van der Waals surface area contributed by atoms with Crippen LogP contribution in [0.15, 0.2) is 12.4 Å². The molecule has 0 saturated carbocycles. The Hall–Kier alpha value is -0.870. The van der Waals surface area contributed by atoms with Crippen LogP contribution >= 0.6 is 0 Å². The zero-order chi connectivity index (χ0) is 12.0. The third kappa shape index (κ3) is 3.61. The first-order chi connectivity index (χ1) is 7.69. The Labute approximate surface area is 98.0 Å². The molecular weight excluding hydrogens is 202 g/mol. The highest BCUT2D eigenvalue weighted by Gasteiger charge is 2.12. The van der Waals surface area contributed by atoms with Crippen molar-refractivity contribution in [3.8, 4) is 0 Å². The van der Waals surface area contributed by atoms with E-state index in [0.29, 0.717) is 12.0 Å². The summed E-state index contributed by atoms with van der Waals surface area (Å²) in [5.41, 5.74) is 0. The van der Waals surface area contributed by atoms with Crippen LogP contribution in [-0.2, 0) is 11.3 Å². The van der Waals surface area contributed by atoms with Crippen LogP contribution < -0.4 is 5.32 Å². The topological polar surface area (TPSA) is 39.1 Å². The highest BCUT2D eigenvalue weighted by molar-refractivity contribution is 4.98. The second-order valence-electron chi connectivity index (χ2n) is 4.30. The average molecular weight is 225 g/mol. The van der Waals surface area contributed by atoms with Gasteiger partial charge in [0.05, 0.1) is 6.61 Å². The summed E-state index contributed by atoms with van der Waals surface area (Å²) in [6.45, 7) is 9.03. The molecule has 0 saturated heterocycles. The van der Waals surface area contributed by atoms with Crippen molar-refractivity contribution >= 4 is 0 Å². The fourth-order valence-corrected chi connectivity index (χ4v) is 1.88. The standard InChI is InChI=1S/C12H23N3O/c1-5-13-11(9-16-4)8-15-7-6-14-12(15)10(2)3/h6-7,10-11,13H,5,8-9H2,1-4H3. The maximum absolute atomic E-state index is 5.21. The minimum absolute atomic E-state index is 0.349. The summed E-state index contributed by atoms with van der Waals surface area (Å²) in [5.74, 6) is 1.60. The van der Waals surface area contributed by atoms with Crippen LogP contribution in [-0.4, -0.2) is 35.9 Å². The highest BCUT2D eigenvalue weighted by atomic mass is 16.5. The van der Waals surface area contributed by atoms with Crippen molar-refractivity contribution in [2.45, 2.75) is 39.3 Å². The van der Waals surface area contributed by atoms with Crippen LogP contribution in [0.3, 0.4) is 0 Å². The van der Waals surface area contributed by atoms with Gasteiger partial charge in [0.25, 0.3) is 0 Å². The van der Waals surface area contributed by atoms with Crippen LogP contribution in [0.4, 0.5) is 0 Å². The lowest BCUT2D eigenvalue weighted by atomic mass is 10.2. The largest absolute Gasteiger partial charge is 0.383 e. The lowest BCUT2D eigenvalue weighted by Crippen LogP contribution is -2.37. The number of rotatable bonds is 7. The molecule has 0 aromatic carbocycles. The molecule has 4 heteroatoms. The molecule has 1 aromatic heterocycles. The van der Waals surface area contributed by atoms with Gasteiger partial charge in [-0.05, 0) is 6.54 Å². The molecule has 0 aliphatic carbocycles. The number of ether oxygens (including phenoxy) is 1. The number of nitrogens with zero attached hydrogens (tertiary/aromatic N) is 2. The first-order valence-corrected chi connectivity index (χ1v) is 5.92. The van der Waals surface area contributed by atoms with Gasteiger partial charge in [0.1, 0.15) is 5.82 Å². The van der Waals surface area contributed by atoms with Crippen molar-refractivity contribution < 1.29 is 4.74 Å². The quantitative estimate of drug-likeness (QED) is 0.766. The molecule has 0 aliphatic heterocycles. The monoisotopic (exact) mass is 225 g/mol. The SMILES string of the molecule is CCNC(COC)Cn1ccnc1C(C)C. The van der Waals surface area contributed by atoms with Crippen LogP contribution in [0.25, 0.3) is 0 Å². The first kappa shape index (κ1) is 13.2. The fraction of sp³-hybridized carbons (Fsp3) is 0.750. The maximum atomic E-state index is 5.21. The summed E-state index contributed by atoms with van der Waals surface area (Å²) in [4.78, 5) is 4.38. The van der Waals surface area contributed by atoms with E-state index in [-0.39, 0.29) is 0 Å². The van der Waals surface area contributed by atoms with Crippen molar-refractivity contribution in [3.63, 3.8) is 0 Å². The minimum Gasteiger partial charge on any atom is -0.383 e. The van der Waals surface area contributed by atoms with Gasteiger partial charge < -0.3 is 14.6 Å². The number of methoxy groups -OCH3 is 1. The van der Waals surface area contributed by atoms with E-state index >= 15 is 0 Å². The number of hydrogen-bond acceptors (Lipinski definition) is 3. The number of imidazole rings is 1. The van der Waals surface area contributed by atoms with Crippen LogP contribution in [0.5, 0.6) is 0 Å². The average Bonchev–Trinajstić information content (AvgIpc) is 2.66. The van der Waals surface area contributed by atoms with Crippen LogP contribution in [0, 0.1) is 0 Å². The van der Waals surface area contributed by atoms with Crippen molar-refractivity contribution in [1.29, 1.82) is 0 Å². The Kier molecular flexibility index (Phi) is 5.49. The summed E-state index contributed by atoms with van der Waals surface area (Å²) >= 11 is 0. The second kappa shape index (κ2) is 6.66. The molecule has 0 radical (unpaired) electrons. The molecule has 0 aliphatic rings. The molecular formula is C12H23N3O. The van der Waals surface area contributed by atoms with Gasteiger partial charge in [0.15, 0.2) is 0 Å². The maximum Gasteiger partial charge on any atom is 0.111 e. The molecule has 92 valence electrons. The Balaban J connectivity index is 2.64. The summed E-state index contributed by atoms with van der Waals surface area (Å²) in [6, 6.07) is 0.349. The lowest BCUT2D eigenvalue weighted by Gasteiger charge is -2.19. The number of nitrogens with one attached hydrogen (secondary N) is 1. The first-order valence-electron chi connectivity index (χ1n) is 5.92. The molecule has 0 fully saturated rings. The summed E-state index contributed by atoms with van der Waals surface area (Å²) < 4.78 is 7.41. The summed E-state index contributed by atoms with van der Waals surface area (Å²) in [5, 5.41) is 3.41. The van der Waals surface area contributed by atoms with Gasteiger partial charge in [-0.25, -0.2) is 4.98 Å². The molecule has 0 spiro atoms. The highest BCUT2D eigenvalue weighted by Crippen LogP contribution is 2.12. The van der Waals surface area contributed by atoms with E-state index in [9.17, 15) is 0 Å². The third-order valence-corrected chi connectivity index (χ3v) is 2.54. The Morgan fingerprint density at radius 1 is 1.50 bits per heavy atom. The number of aromatic nitrogens is 2. The molecule has 1 unspecified atom stereocenters. The van der Waals surface area contributed by atoms with E-state index in [4.69, 9.17) is 4.74 Å². The van der Waals surface area contributed by atoms with Gasteiger partial charge in [-0.3, -0.25) is 0 Å². The van der Waals surface area contributed by atoms with E-state index in [1.165, 1.54) is 0 Å². The zero-order valence-corrected chi connectivity index (χ0v) is 10.7. The second-order valence-corrected chi connectivity index (χ2v) is 4.30. The third-order valence-electron chi connectivity index (χ3n) is 2.54. The summed E-state index contributed by atoms with van der Waals surface area (Å²) in [7, 11) is 1.74. The van der Waals surface area contributed by atoms with Crippen molar-refractivity contribution in [1.82, 2.24) is 14.9 Å². The molecule has 1 N–H and O–H groups in total. The van der Waals surface area contributed by atoms with E-state index in [1.807, 2.05) is 12.4 Å². The normalized spacial score (nSPS) is 13.3. The zero-order valence-electron chi connectivity index (χ0n) is 10.7. The molecule has 1 heterocycles. The summed E-state index contributed by atoms with van der Waals surface area (Å²) in [6.07, 6.45) is 3.90. The van der Waals surface area contributed by atoms with E-state index < -0.39 is 0 Å².